The second-order valence-electron chi connectivity index (χ2n) is 5.86. The highest BCUT2D eigenvalue weighted by Crippen LogP contribution is 2.21. The highest BCUT2D eigenvalue weighted by atomic mass is 16.4. The second-order valence-corrected chi connectivity index (χ2v) is 5.86. The Hall–Kier alpha value is -2.79. The molecule has 3 unspecified atom stereocenters. The van der Waals surface area contributed by atoms with Crippen LogP contribution in [-0.2, 0) is 20.8 Å². The molecule has 0 radical (unpaired) electrons. The van der Waals surface area contributed by atoms with E-state index in [0.29, 0.717) is 16.5 Å². The van der Waals surface area contributed by atoms with E-state index in [0.717, 1.165) is 0 Å². The van der Waals surface area contributed by atoms with Gasteiger partial charge < -0.3 is 30.5 Å². The van der Waals surface area contributed by atoms with Crippen LogP contribution in [0, 0.1) is 0 Å². The number of nitrogens with zero attached hydrogens (tertiary/aromatic N) is 1. The Bertz CT molecular complexity index is 811. The maximum atomic E-state index is 12.3. The number of amides is 2. The van der Waals surface area contributed by atoms with E-state index in [9.17, 15) is 29.7 Å². The Labute approximate surface area is 153 Å². The van der Waals surface area contributed by atoms with Crippen molar-refractivity contribution in [3.05, 3.63) is 36.0 Å². The summed E-state index contributed by atoms with van der Waals surface area (Å²) in [4.78, 5) is 39.5. The first kappa shape index (κ1) is 20.5. The summed E-state index contributed by atoms with van der Waals surface area (Å²) in [5, 5.41) is 47.4. The van der Waals surface area contributed by atoms with Gasteiger partial charge in [-0.2, -0.15) is 0 Å². The molecule has 1 aromatic carbocycles. The minimum Gasteiger partial charge on any atom is -0.480 e. The Balaban J connectivity index is 2.45. The molecule has 2 amide bonds. The molecule has 0 aliphatic heterocycles. The highest BCUT2D eigenvalue weighted by molar-refractivity contribution is 6.02. The molecule has 2 rings (SSSR count). The van der Waals surface area contributed by atoms with Gasteiger partial charge in [0.05, 0.1) is 13.2 Å². The normalized spacial score (nSPS) is 14.5. The number of para-hydroxylation sites is 1. The van der Waals surface area contributed by atoms with Crippen molar-refractivity contribution in [3.63, 3.8) is 0 Å². The molecule has 1 aromatic heterocycles. The van der Waals surface area contributed by atoms with Crippen LogP contribution in [0.1, 0.15) is 5.56 Å². The lowest BCUT2D eigenvalue weighted by Crippen LogP contribution is -2.57. The van der Waals surface area contributed by atoms with Gasteiger partial charge in [-0.25, -0.2) is 4.79 Å². The number of hydrogen-bond donors (Lipinski definition) is 6. The van der Waals surface area contributed by atoms with E-state index in [1.807, 2.05) is 0 Å². The smallest absolute Gasteiger partial charge is 0.327 e. The summed E-state index contributed by atoms with van der Waals surface area (Å²) < 4.78 is 0. The number of aromatic amines is 1. The molecule has 3 atom stereocenters. The first-order valence-electron chi connectivity index (χ1n) is 8.04. The van der Waals surface area contributed by atoms with E-state index < -0.39 is 49.2 Å². The lowest BCUT2D eigenvalue weighted by molar-refractivity contribution is -0.167. The van der Waals surface area contributed by atoms with Crippen LogP contribution in [0.3, 0.4) is 0 Å². The molecule has 10 nitrogen and oxygen atoms in total. The number of benzene rings is 1. The number of rotatable bonds is 8. The SMILES string of the molecule is O=C(O)C(Cc1c[nH]c2ccccc12)N(C(=O)C(O)CO)C(=O)C(O)CO. The topological polar surface area (TPSA) is 171 Å². The van der Waals surface area contributed by atoms with Crippen LogP contribution < -0.4 is 0 Å². The lowest BCUT2D eigenvalue weighted by atomic mass is 10.0. The third-order valence-corrected chi connectivity index (χ3v) is 4.08. The maximum Gasteiger partial charge on any atom is 0.327 e. The summed E-state index contributed by atoms with van der Waals surface area (Å²) in [6, 6.07) is 5.21. The van der Waals surface area contributed by atoms with Crippen LogP contribution in [0.25, 0.3) is 10.9 Å². The summed E-state index contributed by atoms with van der Waals surface area (Å²) in [5.41, 5.74) is 1.20. The van der Waals surface area contributed by atoms with Crippen molar-refractivity contribution in [1.82, 2.24) is 9.88 Å². The van der Waals surface area contributed by atoms with Gasteiger partial charge in [0.1, 0.15) is 6.04 Å². The molecule has 0 saturated carbocycles. The second kappa shape index (κ2) is 8.73. The number of imide groups is 1. The summed E-state index contributed by atoms with van der Waals surface area (Å²) in [6.07, 6.45) is -2.89. The highest BCUT2D eigenvalue weighted by Gasteiger charge is 2.40. The quantitative estimate of drug-likeness (QED) is 0.312. The molecule has 1 heterocycles. The van der Waals surface area contributed by atoms with Crippen molar-refractivity contribution >= 4 is 28.7 Å². The van der Waals surface area contributed by atoms with Crippen molar-refractivity contribution in [2.45, 2.75) is 24.7 Å². The van der Waals surface area contributed by atoms with E-state index in [1.165, 1.54) is 6.20 Å². The lowest BCUT2D eigenvalue weighted by Gasteiger charge is -2.30. The van der Waals surface area contributed by atoms with Gasteiger partial charge in [-0.1, -0.05) is 18.2 Å². The third kappa shape index (κ3) is 4.31. The fourth-order valence-electron chi connectivity index (χ4n) is 2.69. The van der Waals surface area contributed by atoms with Crippen molar-refractivity contribution in [1.29, 1.82) is 0 Å². The number of fused-ring (bicyclic) bond motifs is 1. The molecule has 146 valence electrons. The standard InChI is InChI=1S/C17H20N2O8/c20-7-13(22)15(24)19(16(25)14(23)8-21)12(17(26)27)5-9-6-18-11-4-2-1-3-10(9)11/h1-4,6,12-14,18,20-23H,5,7-8H2,(H,26,27). The van der Waals surface area contributed by atoms with Crippen molar-refractivity contribution in [2.75, 3.05) is 13.2 Å². The molecule has 0 saturated heterocycles. The number of nitrogens with one attached hydrogen (secondary N) is 1. The Kier molecular flexibility index (Phi) is 6.64. The summed E-state index contributed by atoms with van der Waals surface area (Å²) in [6.45, 7) is -2.09. The largest absolute Gasteiger partial charge is 0.480 e. The van der Waals surface area contributed by atoms with E-state index in [1.54, 1.807) is 24.3 Å². The number of carbonyl (C=O) groups is 3. The molecule has 10 heteroatoms. The summed E-state index contributed by atoms with van der Waals surface area (Å²) >= 11 is 0. The fraction of sp³-hybridized carbons (Fsp3) is 0.353. The number of carboxylic acid groups (broad SMARTS) is 1. The minimum absolute atomic E-state index is 0.172. The number of aliphatic hydroxyl groups is 4. The van der Waals surface area contributed by atoms with E-state index in [4.69, 9.17) is 10.2 Å². The van der Waals surface area contributed by atoms with Gasteiger partial charge in [-0.3, -0.25) is 14.5 Å². The Morgan fingerprint density at radius 1 is 1.00 bits per heavy atom. The van der Waals surface area contributed by atoms with Gasteiger partial charge in [0.15, 0.2) is 12.2 Å². The molecule has 0 spiro atoms. The van der Waals surface area contributed by atoms with Gasteiger partial charge in [-0.15, -0.1) is 0 Å². The zero-order valence-electron chi connectivity index (χ0n) is 14.1. The Morgan fingerprint density at radius 2 is 1.56 bits per heavy atom. The van der Waals surface area contributed by atoms with E-state index >= 15 is 0 Å². The first-order chi connectivity index (χ1) is 12.8. The summed E-state index contributed by atoms with van der Waals surface area (Å²) in [5.74, 6) is -4.33. The number of H-pyrrole nitrogens is 1. The number of aromatic nitrogens is 1. The first-order valence-corrected chi connectivity index (χ1v) is 8.04. The van der Waals surface area contributed by atoms with E-state index in [-0.39, 0.29) is 11.3 Å². The van der Waals surface area contributed by atoms with Crippen molar-refractivity contribution in [3.8, 4) is 0 Å². The monoisotopic (exact) mass is 380 g/mol. The summed E-state index contributed by atoms with van der Waals surface area (Å²) in [7, 11) is 0. The van der Waals surface area contributed by atoms with Gasteiger partial charge in [0.2, 0.25) is 0 Å². The third-order valence-electron chi connectivity index (χ3n) is 4.08. The van der Waals surface area contributed by atoms with Gasteiger partial charge in [0, 0.05) is 23.5 Å². The molecule has 6 N–H and O–H groups in total. The van der Waals surface area contributed by atoms with Crippen molar-refractivity contribution in [2.24, 2.45) is 0 Å². The van der Waals surface area contributed by atoms with Gasteiger partial charge >= 0.3 is 5.97 Å². The zero-order valence-corrected chi connectivity index (χ0v) is 14.1. The Morgan fingerprint density at radius 3 is 2.07 bits per heavy atom. The number of carboxylic acids is 1. The van der Waals surface area contributed by atoms with Gasteiger partial charge in [0.25, 0.3) is 11.8 Å². The zero-order chi connectivity index (χ0) is 20.1. The van der Waals surface area contributed by atoms with Crippen LogP contribution in [-0.4, -0.2) is 84.7 Å². The number of carbonyl (C=O) groups excluding carboxylic acids is 2. The molecule has 0 aliphatic rings. The number of aliphatic hydroxyl groups excluding tert-OH is 4. The average molecular weight is 380 g/mol. The molecule has 0 fully saturated rings. The van der Waals surface area contributed by atoms with Crippen LogP contribution in [0.15, 0.2) is 30.5 Å². The van der Waals surface area contributed by atoms with Crippen molar-refractivity contribution < 1.29 is 39.9 Å². The minimum atomic E-state index is -2.05. The fourth-order valence-corrected chi connectivity index (χ4v) is 2.69. The van der Waals surface area contributed by atoms with Crippen LogP contribution >= 0.6 is 0 Å². The molecule has 2 aromatic rings. The van der Waals surface area contributed by atoms with E-state index in [2.05, 4.69) is 4.98 Å². The van der Waals surface area contributed by atoms with Crippen LogP contribution in [0.5, 0.6) is 0 Å². The van der Waals surface area contributed by atoms with Crippen LogP contribution in [0.2, 0.25) is 0 Å². The number of aliphatic carboxylic acids is 1. The number of hydrogen-bond acceptors (Lipinski definition) is 7. The van der Waals surface area contributed by atoms with Crippen LogP contribution in [0.4, 0.5) is 0 Å². The average Bonchev–Trinajstić information content (AvgIpc) is 3.08. The molecule has 27 heavy (non-hydrogen) atoms. The van der Waals surface area contributed by atoms with Gasteiger partial charge in [-0.05, 0) is 11.6 Å². The molecule has 0 aliphatic carbocycles. The molecular weight excluding hydrogens is 360 g/mol. The molecule has 0 bridgehead atoms. The maximum absolute atomic E-state index is 12.3. The predicted octanol–water partition coefficient (Wildman–Crippen LogP) is -1.77. The molecular formula is C17H20N2O8. The predicted molar refractivity (Wildman–Crippen MR) is 91.5 cm³/mol.